The lowest BCUT2D eigenvalue weighted by molar-refractivity contribution is 0.561. The van der Waals surface area contributed by atoms with Gasteiger partial charge in [0.25, 0.3) is 0 Å². The highest BCUT2D eigenvalue weighted by Gasteiger charge is 2.07. The summed E-state index contributed by atoms with van der Waals surface area (Å²) in [7, 11) is 0. The molecule has 1 aromatic heterocycles. The molecule has 0 fully saturated rings. The molecule has 3 nitrogen and oxygen atoms in total. The number of nitrogens with zero attached hydrogens (tertiary/aromatic N) is 2. The quantitative estimate of drug-likeness (QED) is 0.807. The highest BCUT2D eigenvalue weighted by molar-refractivity contribution is 7.99. The van der Waals surface area contributed by atoms with E-state index in [1.54, 1.807) is 18.6 Å². The van der Waals surface area contributed by atoms with E-state index < -0.39 is 0 Å². The highest BCUT2D eigenvalue weighted by atomic mass is 32.2. The summed E-state index contributed by atoms with van der Waals surface area (Å²) in [5.74, 6) is 0. The van der Waals surface area contributed by atoms with Crippen molar-refractivity contribution in [1.82, 2.24) is 15.3 Å². The van der Waals surface area contributed by atoms with Crippen LogP contribution in [0, 0.1) is 0 Å². The molecule has 0 aromatic carbocycles. The molecule has 2 atom stereocenters. The van der Waals surface area contributed by atoms with Gasteiger partial charge in [0.2, 0.25) is 0 Å². The van der Waals surface area contributed by atoms with Crippen molar-refractivity contribution in [3.8, 4) is 0 Å². The minimum absolute atomic E-state index is 0.276. The lowest BCUT2D eigenvalue weighted by Gasteiger charge is -2.15. The van der Waals surface area contributed by atoms with Crippen molar-refractivity contribution >= 4 is 11.8 Å². The molecule has 14 heavy (non-hydrogen) atoms. The van der Waals surface area contributed by atoms with Gasteiger partial charge in [0, 0.05) is 36.4 Å². The van der Waals surface area contributed by atoms with E-state index in [0.717, 1.165) is 12.2 Å². The first-order chi connectivity index (χ1) is 6.74. The predicted octanol–water partition coefficient (Wildman–Crippen LogP) is 1.88. The first kappa shape index (κ1) is 11.5. The Morgan fingerprint density at radius 2 is 2.21 bits per heavy atom. The van der Waals surface area contributed by atoms with E-state index in [9.17, 15) is 0 Å². The number of hydrogen-bond donors (Lipinski definition) is 1. The van der Waals surface area contributed by atoms with E-state index in [1.165, 1.54) is 0 Å². The molecular formula is C10H17N3S. The van der Waals surface area contributed by atoms with Crippen LogP contribution in [0.2, 0.25) is 0 Å². The summed E-state index contributed by atoms with van der Waals surface area (Å²) in [4.78, 5) is 8.30. The zero-order chi connectivity index (χ0) is 10.4. The normalized spacial score (nSPS) is 15.1. The third-order valence-electron chi connectivity index (χ3n) is 2.14. The summed E-state index contributed by atoms with van der Waals surface area (Å²) < 4.78 is 0. The van der Waals surface area contributed by atoms with Crippen LogP contribution in [0.4, 0.5) is 0 Å². The zero-order valence-electron chi connectivity index (χ0n) is 8.90. The summed E-state index contributed by atoms with van der Waals surface area (Å²) in [6.45, 7) is 5.32. The molecule has 0 aliphatic carbocycles. The van der Waals surface area contributed by atoms with Crippen molar-refractivity contribution in [1.29, 1.82) is 0 Å². The topological polar surface area (TPSA) is 37.8 Å². The summed E-state index contributed by atoms with van der Waals surface area (Å²) in [6, 6.07) is 0.276. The molecule has 2 unspecified atom stereocenters. The molecule has 0 aliphatic heterocycles. The third-order valence-corrected chi connectivity index (χ3v) is 3.11. The number of thioether (sulfide) groups is 1. The average molecular weight is 211 g/mol. The molecule has 1 aromatic rings. The largest absolute Gasteiger partial charge is 0.308 e. The first-order valence-electron chi connectivity index (χ1n) is 4.76. The molecule has 0 saturated carbocycles. The van der Waals surface area contributed by atoms with Gasteiger partial charge in [-0.25, -0.2) is 0 Å². The van der Waals surface area contributed by atoms with E-state index in [1.807, 2.05) is 11.8 Å². The molecule has 0 amide bonds. The molecule has 78 valence electrons. The van der Waals surface area contributed by atoms with Gasteiger partial charge in [-0.2, -0.15) is 11.8 Å². The molecular weight excluding hydrogens is 194 g/mol. The van der Waals surface area contributed by atoms with Crippen molar-refractivity contribution in [2.75, 3.05) is 12.8 Å². The van der Waals surface area contributed by atoms with E-state index in [-0.39, 0.29) is 6.04 Å². The lowest BCUT2D eigenvalue weighted by Crippen LogP contribution is -2.26. The Balaban J connectivity index is 2.39. The molecule has 1 N–H and O–H groups in total. The monoisotopic (exact) mass is 211 g/mol. The maximum Gasteiger partial charge on any atom is 0.0753 e. The Labute approximate surface area is 89.7 Å². The maximum absolute atomic E-state index is 4.25. The third kappa shape index (κ3) is 3.64. The van der Waals surface area contributed by atoms with Crippen molar-refractivity contribution in [3.05, 3.63) is 24.3 Å². The number of nitrogens with one attached hydrogen (secondary N) is 1. The molecule has 1 heterocycles. The predicted molar refractivity (Wildman–Crippen MR) is 61.4 cm³/mol. The standard InChI is InChI=1S/C10H17N3S/c1-8(14-3)6-13-9(2)10-7-11-4-5-12-10/h4-5,7-9,13H,6H2,1-3H3. The van der Waals surface area contributed by atoms with Crippen LogP contribution in [-0.2, 0) is 0 Å². The summed E-state index contributed by atoms with van der Waals surface area (Å²) in [6.07, 6.45) is 7.35. The minimum Gasteiger partial charge on any atom is -0.308 e. The fraction of sp³-hybridized carbons (Fsp3) is 0.600. The van der Waals surface area contributed by atoms with E-state index in [2.05, 4.69) is 35.4 Å². The SMILES string of the molecule is CSC(C)CNC(C)c1cnccn1. The van der Waals surface area contributed by atoms with Gasteiger partial charge in [0.1, 0.15) is 0 Å². The van der Waals surface area contributed by atoms with E-state index in [4.69, 9.17) is 0 Å². The van der Waals surface area contributed by atoms with Crippen molar-refractivity contribution < 1.29 is 0 Å². The Morgan fingerprint density at radius 3 is 2.79 bits per heavy atom. The average Bonchev–Trinajstić information content (AvgIpc) is 2.26. The van der Waals surface area contributed by atoms with Crippen LogP contribution >= 0.6 is 11.8 Å². The highest BCUT2D eigenvalue weighted by Crippen LogP contribution is 2.09. The van der Waals surface area contributed by atoms with Crippen LogP contribution < -0.4 is 5.32 Å². The Kier molecular flexibility index (Phi) is 4.90. The number of aromatic nitrogens is 2. The number of rotatable bonds is 5. The zero-order valence-corrected chi connectivity index (χ0v) is 9.71. The van der Waals surface area contributed by atoms with E-state index >= 15 is 0 Å². The van der Waals surface area contributed by atoms with Crippen LogP contribution in [0.25, 0.3) is 0 Å². The molecule has 0 spiro atoms. The second kappa shape index (κ2) is 5.98. The minimum atomic E-state index is 0.276. The van der Waals surface area contributed by atoms with Gasteiger partial charge in [-0.05, 0) is 13.2 Å². The smallest absolute Gasteiger partial charge is 0.0753 e. The molecule has 0 bridgehead atoms. The molecule has 4 heteroatoms. The van der Waals surface area contributed by atoms with Gasteiger partial charge >= 0.3 is 0 Å². The Morgan fingerprint density at radius 1 is 1.43 bits per heavy atom. The lowest BCUT2D eigenvalue weighted by atomic mass is 10.2. The Bertz CT molecular complexity index is 253. The van der Waals surface area contributed by atoms with Gasteiger partial charge in [-0.1, -0.05) is 6.92 Å². The van der Waals surface area contributed by atoms with Crippen LogP contribution in [0.15, 0.2) is 18.6 Å². The fourth-order valence-electron chi connectivity index (χ4n) is 1.06. The van der Waals surface area contributed by atoms with Gasteiger partial charge in [0.05, 0.1) is 5.69 Å². The van der Waals surface area contributed by atoms with Crippen molar-refractivity contribution in [2.24, 2.45) is 0 Å². The van der Waals surface area contributed by atoms with Crippen LogP contribution in [0.3, 0.4) is 0 Å². The summed E-state index contributed by atoms with van der Waals surface area (Å²) in [5, 5.41) is 4.06. The molecule has 0 saturated heterocycles. The van der Waals surface area contributed by atoms with Crippen LogP contribution in [0.5, 0.6) is 0 Å². The summed E-state index contributed by atoms with van der Waals surface area (Å²) in [5.41, 5.74) is 1.00. The van der Waals surface area contributed by atoms with Gasteiger partial charge < -0.3 is 5.32 Å². The molecule has 0 aliphatic rings. The molecule has 0 radical (unpaired) electrons. The summed E-state index contributed by atoms with van der Waals surface area (Å²) >= 11 is 1.86. The van der Waals surface area contributed by atoms with Gasteiger partial charge in [-0.15, -0.1) is 0 Å². The molecule has 1 rings (SSSR count). The van der Waals surface area contributed by atoms with Gasteiger partial charge in [0.15, 0.2) is 0 Å². The second-order valence-electron chi connectivity index (χ2n) is 3.31. The maximum atomic E-state index is 4.25. The van der Waals surface area contributed by atoms with Crippen LogP contribution in [-0.4, -0.2) is 28.0 Å². The fourth-order valence-corrected chi connectivity index (χ4v) is 1.33. The van der Waals surface area contributed by atoms with Gasteiger partial charge in [-0.3, -0.25) is 9.97 Å². The van der Waals surface area contributed by atoms with Crippen molar-refractivity contribution in [3.63, 3.8) is 0 Å². The Hall–Kier alpha value is -0.610. The second-order valence-corrected chi connectivity index (χ2v) is 4.58. The van der Waals surface area contributed by atoms with Crippen LogP contribution in [0.1, 0.15) is 25.6 Å². The van der Waals surface area contributed by atoms with E-state index in [0.29, 0.717) is 5.25 Å². The first-order valence-corrected chi connectivity index (χ1v) is 6.05. The number of hydrogen-bond acceptors (Lipinski definition) is 4. The van der Waals surface area contributed by atoms with Crippen molar-refractivity contribution in [2.45, 2.75) is 25.1 Å².